The van der Waals surface area contributed by atoms with Crippen LogP contribution >= 0.6 is 34.8 Å². The van der Waals surface area contributed by atoms with Crippen molar-refractivity contribution in [3.8, 4) is 0 Å². The van der Waals surface area contributed by atoms with Crippen LogP contribution in [0.4, 0.5) is 11.4 Å². The zero-order valence-corrected chi connectivity index (χ0v) is 18.1. The molecule has 0 aliphatic carbocycles. The molecule has 2 N–H and O–H groups in total. The third kappa shape index (κ3) is 5.22. The molecule has 0 bridgehead atoms. The summed E-state index contributed by atoms with van der Waals surface area (Å²) in [6, 6.07) is 15.3. The van der Waals surface area contributed by atoms with E-state index in [1.807, 2.05) is 6.92 Å². The highest BCUT2D eigenvalue weighted by molar-refractivity contribution is 7.92. The molecule has 3 aromatic rings. The van der Waals surface area contributed by atoms with E-state index in [2.05, 4.69) is 10.0 Å². The highest BCUT2D eigenvalue weighted by Gasteiger charge is 2.17. The molecule has 3 aromatic carbocycles. The second-order valence-corrected chi connectivity index (χ2v) is 9.10. The fourth-order valence-electron chi connectivity index (χ4n) is 2.47. The SMILES string of the molecule is Cc1ccc(S(=O)(=O)Nc2ccc(Cl)c(C(=O)Nc3ccc(Cl)c(Cl)c3)c2)cc1. The quantitative estimate of drug-likeness (QED) is 0.480. The third-order valence-electron chi connectivity index (χ3n) is 3.97. The van der Waals surface area contributed by atoms with Crippen molar-refractivity contribution >= 4 is 62.1 Å². The van der Waals surface area contributed by atoms with Crippen molar-refractivity contribution in [2.24, 2.45) is 0 Å². The molecule has 0 heterocycles. The first-order chi connectivity index (χ1) is 13.7. The minimum Gasteiger partial charge on any atom is -0.322 e. The van der Waals surface area contributed by atoms with Gasteiger partial charge in [0.15, 0.2) is 0 Å². The standard InChI is InChI=1S/C20H15Cl3N2O3S/c1-12-2-6-15(7-3-12)29(27,28)25-14-5-8-17(21)16(10-14)20(26)24-13-4-9-18(22)19(23)11-13/h2-11,25H,1H3,(H,24,26). The zero-order chi connectivity index (χ0) is 21.2. The Hall–Kier alpha value is -2.25. The van der Waals surface area contributed by atoms with Gasteiger partial charge in [0, 0.05) is 11.4 Å². The zero-order valence-electron chi connectivity index (χ0n) is 15.0. The van der Waals surface area contributed by atoms with E-state index in [0.29, 0.717) is 10.7 Å². The van der Waals surface area contributed by atoms with E-state index in [-0.39, 0.29) is 26.2 Å². The molecule has 0 unspecified atom stereocenters. The number of halogens is 3. The molecule has 29 heavy (non-hydrogen) atoms. The van der Waals surface area contributed by atoms with E-state index in [1.54, 1.807) is 24.3 Å². The third-order valence-corrected chi connectivity index (χ3v) is 6.44. The molecule has 0 spiro atoms. The molecule has 5 nitrogen and oxygen atoms in total. The van der Waals surface area contributed by atoms with Gasteiger partial charge >= 0.3 is 0 Å². The van der Waals surface area contributed by atoms with Gasteiger partial charge in [0.1, 0.15) is 0 Å². The van der Waals surface area contributed by atoms with Crippen molar-refractivity contribution in [2.75, 3.05) is 10.0 Å². The fraction of sp³-hybridized carbons (Fsp3) is 0.0500. The van der Waals surface area contributed by atoms with Gasteiger partial charge in [-0.3, -0.25) is 9.52 Å². The topological polar surface area (TPSA) is 75.3 Å². The normalized spacial score (nSPS) is 11.2. The Labute approximate surface area is 183 Å². The van der Waals surface area contributed by atoms with Crippen molar-refractivity contribution < 1.29 is 13.2 Å². The van der Waals surface area contributed by atoms with Crippen molar-refractivity contribution in [3.05, 3.63) is 86.9 Å². The van der Waals surface area contributed by atoms with Gasteiger partial charge in [-0.15, -0.1) is 0 Å². The average Bonchev–Trinajstić information content (AvgIpc) is 2.66. The number of carbonyl (C=O) groups is 1. The molecule has 0 aromatic heterocycles. The molecule has 0 aliphatic heterocycles. The summed E-state index contributed by atoms with van der Waals surface area (Å²) < 4.78 is 27.6. The van der Waals surface area contributed by atoms with Gasteiger partial charge in [-0.1, -0.05) is 52.5 Å². The molecular formula is C20H15Cl3N2O3S. The first-order valence-corrected chi connectivity index (χ1v) is 10.9. The number of amides is 1. The number of hydrogen-bond donors (Lipinski definition) is 2. The van der Waals surface area contributed by atoms with Gasteiger partial charge in [0.2, 0.25) is 0 Å². The maximum atomic E-state index is 12.6. The first kappa shape index (κ1) is 21.5. The summed E-state index contributed by atoms with van der Waals surface area (Å²) in [6.45, 7) is 1.86. The fourth-order valence-corrected chi connectivity index (χ4v) is 4.02. The van der Waals surface area contributed by atoms with Crippen LogP contribution < -0.4 is 10.0 Å². The molecule has 0 aliphatic rings. The number of benzene rings is 3. The lowest BCUT2D eigenvalue weighted by Crippen LogP contribution is -2.15. The van der Waals surface area contributed by atoms with Crippen LogP contribution in [0.25, 0.3) is 0 Å². The number of sulfonamides is 1. The molecule has 150 valence electrons. The van der Waals surface area contributed by atoms with Gasteiger partial charge in [-0.05, 0) is 55.5 Å². The molecule has 0 saturated carbocycles. The number of carbonyl (C=O) groups excluding carboxylic acids is 1. The molecule has 0 saturated heterocycles. The monoisotopic (exact) mass is 468 g/mol. The van der Waals surface area contributed by atoms with Crippen LogP contribution in [0.15, 0.2) is 65.6 Å². The Balaban J connectivity index is 1.84. The van der Waals surface area contributed by atoms with Crippen LogP contribution in [0, 0.1) is 6.92 Å². The van der Waals surface area contributed by atoms with E-state index in [4.69, 9.17) is 34.8 Å². The summed E-state index contributed by atoms with van der Waals surface area (Å²) >= 11 is 18.0. The Morgan fingerprint density at radius 2 is 1.41 bits per heavy atom. The number of hydrogen-bond acceptors (Lipinski definition) is 3. The van der Waals surface area contributed by atoms with Crippen molar-refractivity contribution in [3.63, 3.8) is 0 Å². The second kappa shape index (κ2) is 8.63. The van der Waals surface area contributed by atoms with Crippen LogP contribution in [0.3, 0.4) is 0 Å². The van der Waals surface area contributed by atoms with Crippen LogP contribution in [0.1, 0.15) is 15.9 Å². The predicted octanol–water partition coefficient (Wildman–Crippen LogP) is 6.01. The van der Waals surface area contributed by atoms with E-state index in [1.165, 1.54) is 36.4 Å². The van der Waals surface area contributed by atoms with Crippen LogP contribution in [-0.2, 0) is 10.0 Å². The Morgan fingerprint density at radius 3 is 2.07 bits per heavy atom. The second-order valence-electron chi connectivity index (χ2n) is 6.20. The van der Waals surface area contributed by atoms with Gasteiger partial charge < -0.3 is 5.32 Å². The minimum absolute atomic E-state index is 0.0989. The van der Waals surface area contributed by atoms with Crippen molar-refractivity contribution in [2.45, 2.75) is 11.8 Å². The lowest BCUT2D eigenvalue weighted by molar-refractivity contribution is 0.102. The smallest absolute Gasteiger partial charge is 0.261 e. The van der Waals surface area contributed by atoms with E-state index >= 15 is 0 Å². The lowest BCUT2D eigenvalue weighted by atomic mass is 10.2. The van der Waals surface area contributed by atoms with Crippen LogP contribution in [0.2, 0.25) is 15.1 Å². The summed E-state index contributed by atoms with van der Waals surface area (Å²) in [7, 11) is -3.81. The maximum Gasteiger partial charge on any atom is 0.261 e. The molecule has 0 fully saturated rings. The molecule has 0 atom stereocenters. The number of aryl methyl sites for hydroxylation is 1. The van der Waals surface area contributed by atoms with Gasteiger partial charge in [-0.2, -0.15) is 0 Å². The summed E-state index contributed by atoms with van der Waals surface area (Å²) in [5, 5.41) is 3.46. The van der Waals surface area contributed by atoms with E-state index < -0.39 is 15.9 Å². The van der Waals surface area contributed by atoms with E-state index in [9.17, 15) is 13.2 Å². The summed E-state index contributed by atoms with van der Waals surface area (Å²) in [6.07, 6.45) is 0. The van der Waals surface area contributed by atoms with E-state index in [0.717, 1.165) is 5.56 Å². The number of anilines is 2. The van der Waals surface area contributed by atoms with Crippen LogP contribution in [-0.4, -0.2) is 14.3 Å². The average molecular weight is 470 g/mol. The Kier molecular flexibility index (Phi) is 6.39. The molecule has 0 radical (unpaired) electrons. The van der Waals surface area contributed by atoms with Crippen molar-refractivity contribution in [1.29, 1.82) is 0 Å². The van der Waals surface area contributed by atoms with Gasteiger partial charge in [-0.25, -0.2) is 8.42 Å². The summed E-state index contributed by atoms with van der Waals surface area (Å²) in [5.74, 6) is -0.523. The molecule has 9 heteroatoms. The Morgan fingerprint density at radius 1 is 0.793 bits per heavy atom. The number of rotatable bonds is 5. The first-order valence-electron chi connectivity index (χ1n) is 8.31. The van der Waals surface area contributed by atoms with Gasteiger partial charge in [0.05, 0.1) is 25.5 Å². The van der Waals surface area contributed by atoms with Crippen LogP contribution in [0.5, 0.6) is 0 Å². The molecular weight excluding hydrogens is 455 g/mol. The van der Waals surface area contributed by atoms with Gasteiger partial charge in [0.25, 0.3) is 15.9 Å². The highest BCUT2D eigenvalue weighted by Crippen LogP contribution is 2.27. The maximum absolute atomic E-state index is 12.6. The molecule has 1 amide bonds. The lowest BCUT2D eigenvalue weighted by Gasteiger charge is -2.12. The van der Waals surface area contributed by atoms with Crippen molar-refractivity contribution in [1.82, 2.24) is 0 Å². The predicted molar refractivity (Wildman–Crippen MR) is 118 cm³/mol. The summed E-state index contributed by atoms with van der Waals surface area (Å²) in [4.78, 5) is 12.7. The largest absolute Gasteiger partial charge is 0.322 e. The Bertz CT molecular complexity index is 1180. The molecule has 3 rings (SSSR count). The number of nitrogens with one attached hydrogen (secondary N) is 2. The minimum atomic E-state index is -3.81. The summed E-state index contributed by atoms with van der Waals surface area (Å²) in [5.41, 5.74) is 1.67. The highest BCUT2D eigenvalue weighted by atomic mass is 35.5.